The van der Waals surface area contributed by atoms with E-state index in [1.54, 1.807) is 24.3 Å². The number of anilines is 1. The SMILES string of the molecule is CC[C@H](C)c1nc2ccc(Br)cc2c(=O)n1N=Cc1ccc(N(C)C)cc1OCC(=O)O. The molecule has 0 saturated heterocycles. The number of hydrogen-bond donors (Lipinski definition) is 1. The Bertz CT molecular complexity index is 1240. The van der Waals surface area contributed by atoms with Crippen molar-refractivity contribution in [3.8, 4) is 5.75 Å². The molecule has 1 N–H and O–H groups in total. The quantitative estimate of drug-likeness (QED) is 0.468. The molecule has 1 aromatic heterocycles. The van der Waals surface area contributed by atoms with E-state index < -0.39 is 12.6 Å². The first-order valence-corrected chi connectivity index (χ1v) is 10.9. The van der Waals surface area contributed by atoms with Gasteiger partial charge in [0.2, 0.25) is 0 Å². The number of aliphatic carboxylic acids is 1. The summed E-state index contributed by atoms with van der Waals surface area (Å²) in [4.78, 5) is 30.8. The molecule has 0 amide bonds. The van der Waals surface area contributed by atoms with Crippen molar-refractivity contribution >= 4 is 44.7 Å². The smallest absolute Gasteiger partial charge is 0.341 e. The summed E-state index contributed by atoms with van der Waals surface area (Å²) in [7, 11) is 3.75. The number of nitrogens with zero attached hydrogens (tertiary/aromatic N) is 4. The van der Waals surface area contributed by atoms with Crippen LogP contribution in [0.15, 0.2) is 50.8 Å². The molecule has 0 unspecified atom stereocenters. The van der Waals surface area contributed by atoms with Gasteiger partial charge in [-0.25, -0.2) is 9.78 Å². The number of fused-ring (bicyclic) bond motifs is 1. The summed E-state index contributed by atoms with van der Waals surface area (Å²) in [6.45, 7) is 3.53. The molecular formula is C23H25BrN4O4. The minimum absolute atomic E-state index is 0.00624. The Hall–Kier alpha value is -3.20. The predicted molar refractivity (Wildman–Crippen MR) is 129 cm³/mol. The first-order valence-electron chi connectivity index (χ1n) is 10.1. The average Bonchev–Trinajstić information content (AvgIpc) is 2.76. The van der Waals surface area contributed by atoms with E-state index in [9.17, 15) is 9.59 Å². The Morgan fingerprint density at radius 2 is 2.06 bits per heavy atom. The molecule has 0 aliphatic carbocycles. The Labute approximate surface area is 194 Å². The molecule has 8 nitrogen and oxygen atoms in total. The second-order valence-electron chi connectivity index (χ2n) is 7.60. The second kappa shape index (κ2) is 9.95. The van der Waals surface area contributed by atoms with Gasteiger partial charge in [-0.3, -0.25) is 4.79 Å². The Kier molecular flexibility index (Phi) is 7.29. The van der Waals surface area contributed by atoms with Crippen molar-refractivity contribution in [1.82, 2.24) is 9.66 Å². The summed E-state index contributed by atoms with van der Waals surface area (Å²) in [5, 5.41) is 13.9. The van der Waals surface area contributed by atoms with Gasteiger partial charge < -0.3 is 14.7 Å². The van der Waals surface area contributed by atoms with Gasteiger partial charge in [-0.2, -0.15) is 9.78 Å². The maximum Gasteiger partial charge on any atom is 0.341 e. The van der Waals surface area contributed by atoms with Crippen LogP contribution in [-0.4, -0.2) is 47.7 Å². The van der Waals surface area contributed by atoms with Crippen LogP contribution in [0.2, 0.25) is 0 Å². The van der Waals surface area contributed by atoms with E-state index in [0.717, 1.165) is 16.6 Å². The summed E-state index contributed by atoms with van der Waals surface area (Å²) in [6.07, 6.45) is 2.28. The lowest BCUT2D eigenvalue weighted by Crippen LogP contribution is -2.23. The molecule has 0 saturated carbocycles. The maximum absolute atomic E-state index is 13.3. The van der Waals surface area contributed by atoms with Crippen molar-refractivity contribution < 1.29 is 14.6 Å². The topological polar surface area (TPSA) is 97.0 Å². The van der Waals surface area contributed by atoms with Crippen LogP contribution in [0.3, 0.4) is 0 Å². The van der Waals surface area contributed by atoms with Crippen LogP contribution in [0.25, 0.3) is 10.9 Å². The van der Waals surface area contributed by atoms with Crippen LogP contribution in [0.5, 0.6) is 5.75 Å². The van der Waals surface area contributed by atoms with E-state index in [-0.39, 0.29) is 11.5 Å². The highest BCUT2D eigenvalue weighted by molar-refractivity contribution is 9.10. The first-order chi connectivity index (χ1) is 15.2. The third kappa shape index (κ3) is 5.16. The van der Waals surface area contributed by atoms with E-state index >= 15 is 0 Å². The molecule has 0 aliphatic heterocycles. The van der Waals surface area contributed by atoms with Crippen molar-refractivity contribution in [3.05, 3.63) is 62.6 Å². The van der Waals surface area contributed by atoms with Gasteiger partial charge in [-0.1, -0.05) is 29.8 Å². The van der Waals surface area contributed by atoms with E-state index in [4.69, 9.17) is 14.8 Å². The van der Waals surface area contributed by atoms with Crippen LogP contribution >= 0.6 is 15.9 Å². The van der Waals surface area contributed by atoms with E-state index in [0.29, 0.717) is 28.0 Å². The van der Waals surface area contributed by atoms with Gasteiger partial charge in [0.1, 0.15) is 11.6 Å². The van der Waals surface area contributed by atoms with Gasteiger partial charge in [0, 0.05) is 41.8 Å². The number of benzene rings is 2. The van der Waals surface area contributed by atoms with Gasteiger partial charge >= 0.3 is 5.97 Å². The molecule has 1 atom stereocenters. The summed E-state index contributed by atoms with van der Waals surface area (Å²) >= 11 is 3.40. The van der Waals surface area contributed by atoms with Gasteiger partial charge in [0.05, 0.1) is 17.1 Å². The monoisotopic (exact) mass is 500 g/mol. The summed E-state index contributed by atoms with van der Waals surface area (Å²) in [5.74, 6) is -0.159. The molecule has 0 spiro atoms. The lowest BCUT2D eigenvalue weighted by Gasteiger charge is -2.16. The fraction of sp³-hybridized carbons (Fsp3) is 0.304. The fourth-order valence-corrected chi connectivity index (χ4v) is 3.43. The van der Waals surface area contributed by atoms with Crippen molar-refractivity contribution in [2.24, 2.45) is 5.10 Å². The largest absolute Gasteiger partial charge is 0.481 e. The predicted octanol–water partition coefficient (Wildman–Crippen LogP) is 4.08. The second-order valence-corrected chi connectivity index (χ2v) is 8.52. The summed E-state index contributed by atoms with van der Waals surface area (Å²) < 4.78 is 7.55. The lowest BCUT2D eigenvalue weighted by atomic mass is 10.1. The van der Waals surface area contributed by atoms with Crippen molar-refractivity contribution in [2.45, 2.75) is 26.2 Å². The highest BCUT2D eigenvalue weighted by atomic mass is 79.9. The third-order valence-electron chi connectivity index (χ3n) is 5.06. The molecule has 3 rings (SSSR count). The Morgan fingerprint density at radius 1 is 1.31 bits per heavy atom. The fourth-order valence-electron chi connectivity index (χ4n) is 3.07. The van der Waals surface area contributed by atoms with Crippen LogP contribution in [-0.2, 0) is 4.79 Å². The molecule has 9 heteroatoms. The molecule has 0 aliphatic rings. The zero-order valence-electron chi connectivity index (χ0n) is 18.4. The molecule has 32 heavy (non-hydrogen) atoms. The number of halogens is 1. The molecule has 2 aromatic carbocycles. The molecule has 0 fully saturated rings. The van der Waals surface area contributed by atoms with Gasteiger partial charge in [-0.05, 0) is 36.8 Å². The zero-order chi connectivity index (χ0) is 23.4. The van der Waals surface area contributed by atoms with Crippen molar-refractivity contribution in [2.75, 3.05) is 25.6 Å². The Balaban J connectivity index is 2.14. The highest BCUT2D eigenvalue weighted by Gasteiger charge is 2.16. The number of carboxylic acid groups (broad SMARTS) is 1. The van der Waals surface area contributed by atoms with Crippen LogP contribution in [0, 0.1) is 0 Å². The van der Waals surface area contributed by atoms with Crippen molar-refractivity contribution in [1.29, 1.82) is 0 Å². The van der Waals surface area contributed by atoms with Gasteiger partial charge in [0.25, 0.3) is 5.56 Å². The molecule has 0 bridgehead atoms. The normalized spacial score (nSPS) is 12.3. The molecular weight excluding hydrogens is 476 g/mol. The van der Waals surface area contributed by atoms with E-state index in [1.807, 2.05) is 45.0 Å². The minimum atomic E-state index is -1.08. The molecule has 3 aromatic rings. The van der Waals surface area contributed by atoms with Crippen LogP contribution < -0.4 is 15.2 Å². The highest BCUT2D eigenvalue weighted by Crippen LogP contribution is 2.25. The number of carboxylic acids is 1. The first kappa shape index (κ1) is 23.5. The summed E-state index contributed by atoms with van der Waals surface area (Å²) in [6, 6.07) is 10.8. The van der Waals surface area contributed by atoms with E-state index in [2.05, 4.69) is 21.0 Å². The van der Waals surface area contributed by atoms with Gasteiger partial charge in [0.15, 0.2) is 6.61 Å². The number of carbonyl (C=O) groups is 1. The number of hydrogen-bond acceptors (Lipinski definition) is 6. The number of rotatable bonds is 8. The molecule has 1 heterocycles. The van der Waals surface area contributed by atoms with Gasteiger partial charge in [-0.15, -0.1) is 0 Å². The lowest BCUT2D eigenvalue weighted by molar-refractivity contribution is -0.139. The van der Waals surface area contributed by atoms with Crippen LogP contribution in [0.4, 0.5) is 5.69 Å². The molecule has 0 radical (unpaired) electrons. The average molecular weight is 501 g/mol. The Morgan fingerprint density at radius 3 is 2.72 bits per heavy atom. The van der Waals surface area contributed by atoms with Crippen LogP contribution in [0.1, 0.15) is 37.6 Å². The number of ether oxygens (including phenoxy) is 1. The standard InChI is InChI=1S/C23H25BrN4O4/c1-5-14(2)22-26-19-9-7-16(24)10-18(19)23(31)28(22)25-12-15-6-8-17(27(3)4)11-20(15)32-13-21(29)30/h6-12,14H,5,13H2,1-4H3,(H,29,30)/t14-/m0/s1. The maximum atomic E-state index is 13.3. The third-order valence-corrected chi connectivity index (χ3v) is 5.56. The minimum Gasteiger partial charge on any atom is -0.481 e. The van der Waals surface area contributed by atoms with E-state index in [1.165, 1.54) is 10.9 Å². The zero-order valence-corrected chi connectivity index (χ0v) is 20.0. The van der Waals surface area contributed by atoms with Crippen molar-refractivity contribution in [3.63, 3.8) is 0 Å². The summed E-state index contributed by atoms with van der Waals surface area (Å²) in [5.41, 5.74) is 1.73. The molecule has 168 valence electrons. The number of aromatic nitrogens is 2.